The number of hydrogen-bond acceptors (Lipinski definition) is 2. The zero-order valence-electron chi connectivity index (χ0n) is 13.4. The molecule has 19 heavy (non-hydrogen) atoms. The van der Waals surface area contributed by atoms with E-state index in [9.17, 15) is 0 Å². The summed E-state index contributed by atoms with van der Waals surface area (Å²) in [6, 6.07) is 10.1. The van der Waals surface area contributed by atoms with E-state index >= 15 is 0 Å². The van der Waals surface area contributed by atoms with E-state index in [-0.39, 0.29) is 0 Å². The molecule has 1 atom stereocenters. The van der Waals surface area contributed by atoms with Crippen LogP contribution in [0.4, 0.5) is 0 Å². The molecule has 0 spiro atoms. The van der Waals surface area contributed by atoms with E-state index in [1.807, 2.05) is 0 Å². The van der Waals surface area contributed by atoms with Crippen molar-refractivity contribution in [1.29, 1.82) is 0 Å². The zero-order valence-corrected chi connectivity index (χ0v) is 13.4. The Morgan fingerprint density at radius 1 is 1.05 bits per heavy atom. The Hall–Kier alpha value is -0.860. The van der Waals surface area contributed by atoms with Gasteiger partial charge in [0.25, 0.3) is 0 Å². The van der Waals surface area contributed by atoms with Crippen LogP contribution in [-0.2, 0) is 13.1 Å². The SMILES string of the molecule is CC(C)NCc1cccc(CN(C)C(C)C(C)C)c1. The van der Waals surface area contributed by atoms with Gasteiger partial charge in [0.1, 0.15) is 0 Å². The summed E-state index contributed by atoms with van der Waals surface area (Å²) in [6.07, 6.45) is 0. The van der Waals surface area contributed by atoms with Crippen molar-refractivity contribution in [2.75, 3.05) is 7.05 Å². The summed E-state index contributed by atoms with van der Waals surface area (Å²) in [5.74, 6) is 0.691. The van der Waals surface area contributed by atoms with E-state index in [1.165, 1.54) is 11.1 Å². The zero-order chi connectivity index (χ0) is 14.4. The molecule has 0 heterocycles. The van der Waals surface area contributed by atoms with Gasteiger partial charge in [-0.25, -0.2) is 0 Å². The van der Waals surface area contributed by atoms with E-state index in [4.69, 9.17) is 0 Å². The molecule has 1 N–H and O–H groups in total. The normalized spacial score (nSPS) is 13.5. The molecule has 0 aliphatic heterocycles. The van der Waals surface area contributed by atoms with Crippen LogP contribution in [-0.4, -0.2) is 24.0 Å². The van der Waals surface area contributed by atoms with Crippen LogP contribution >= 0.6 is 0 Å². The van der Waals surface area contributed by atoms with Crippen LogP contribution in [0.25, 0.3) is 0 Å². The molecule has 0 saturated heterocycles. The highest BCUT2D eigenvalue weighted by molar-refractivity contribution is 5.23. The molecule has 108 valence electrons. The average molecular weight is 262 g/mol. The maximum absolute atomic E-state index is 3.47. The van der Waals surface area contributed by atoms with Gasteiger partial charge in [-0.05, 0) is 31.0 Å². The highest BCUT2D eigenvalue weighted by Gasteiger charge is 2.13. The second kappa shape index (κ2) is 7.66. The molecule has 0 amide bonds. The lowest BCUT2D eigenvalue weighted by Gasteiger charge is -2.28. The van der Waals surface area contributed by atoms with Gasteiger partial charge >= 0.3 is 0 Å². The van der Waals surface area contributed by atoms with Crippen molar-refractivity contribution < 1.29 is 0 Å². The first-order valence-corrected chi connectivity index (χ1v) is 7.41. The molecule has 0 aromatic heterocycles. The lowest BCUT2D eigenvalue weighted by Crippen LogP contribution is -2.32. The Balaban J connectivity index is 2.61. The van der Waals surface area contributed by atoms with Gasteiger partial charge in [-0.3, -0.25) is 4.90 Å². The lowest BCUT2D eigenvalue weighted by atomic mass is 10.0. The summed E-state index contributed by atoms with van der Waals surface area (Å²) in [7, 11) is 2.21. The Morgan fingerprint density at radius 3 is 2.26 bits per heavy atom. The largest absolute Gasteiger partial charge is 0.310 e. The molecular formula is C17H30N2. The molecule has 2 nitrogen and oxygen atoms in total. The van der Waals surface area contributed by atoms with Crippen LogP contribution < -0.4 is 5.32 Å². The van der Waals surface area contributed by atoms with Crippen molar-refractivity contribution in [1.82, 2.24) is 10.2 Å². The molecule has 0 bridgehead atoms. The molecule has 2 heteroatoms. The quantitative estimate of drug-likeness (QED) is 0.806. The number of nitrogens with zero attached hydrogens (tertiary/aromatic N) is 1. The van der Waals surface area contributed by atoms with Crippen molar-refractivity contribution in [3.63, 3.8) is 0 Å². The average Bonchev–Trinajstić information content (AvgIpc) is 2.35. The minimum Gasteiger partial charge on any atom is -0.310 e. The first kappa shape index (κ1) is 16.2. The first-order chi connectivity index (χ1) is 8.90. The molecule has 0 aliphatic rings. The molecule has 0 fully saturated rings. The maximum Gasteiger partial charge on any atom is 0.0233 e. The fraction of sp³-hybridized carbons (Fsp3) is 0.647. The van der Waals surface area contributed by atoms with E-state index in [1.54, 1.807) is 0 Å². The highest BCUT2D eigenvalue weighted by Crippen LogP contribution is 2.13. The third-order valence-corrected chi connectivity index (χ3v) is 3.80. The summed E-state index contributed by atoms with van der Waals surface area (Å²) < 4.78 is 0. The Labute approximate surface area is 119 Å². The van der Waals surface area contributed by atoms with Gasteiger partial charge in [-0.2, -0.15) is 0 Å². The van der Waals surface area contributed by atoms with E-state index < -0.39 is 0 Å². The summed E-state index contributed by atoms with van der Waals surface area (Å²) in [5.41, 5.74) is 2.77. The van der Waals surface area contributed by atoms with Crippen LogP contribution in [0, 0.1) is 5.92 Å². The third-order valence-electron chi connectivity index (χ3n) is 3.80. The van der Waals surface area contributed by atoms with Gasteiger partial charge in [0.05, 0.1) is 0 Å². The predicted molar refractivity (Wildman–Crippen MR) is 84.2 cm³/mol. The van der Waals surface area contributed by atoms with Crippen LogP contribution in [0.3, 0.4) is 0 Å². The molecule has 1 unspecified atom stereocenters. The standard InChI is InChI=1S/C17H30N2/c1-13(2)15(5)19(6)12-17-9-7-8-16(10-17)11-18-14(3)4/h7-10,13-15,18H,11-12H2,1-6H3. The molecule has 0 aliphatic carbocycles. The summed E-state index contributed by atoms with van der Waals surface area (Å²) in [4.78, 5) is 2.43. The summed E-state index contributed by atoms with van der Waals surface area (Å²) in [5, 5.41) is 3.47. The molecule has 1 aromatic carbocycles. The first-order valence-electron chi connectivity index (χ1n) is 7.41. The van der Waals surface area contributed by atoms with Crippen molar-refractivity contribution in [3.8, 4) is 0 Å². The fourth-order valence-corrected chi connectivity index (χ4v) is 2.10. The van der Waals surface area contributed by atoms with Crippen molar-refractivity contribution in [2.24, 2.45) is 5.92 Å². The summed E-state index contributed by atoms with van der Waals surface area (Å²) in [6.45, 7) is 13.2. The molecule has 0 radical (unpaired) electrons. The topological polar surface area (TPSA) is 15.3 Å². The highest BCUT2D eigenvalue weighted by atomic mass is 15.1. The Bertz CT molecular complexity index is 371. The minimum absolute atomic E-state index is 0.535. The van der Waals surface area contributed by atoms with Gasteiger partial charge in [0.2, 0.25) is 0 Å². The van der Waals surface area contributed by atoms with Gasteiger partial charge in [-0.1, -0.05) is 52.0 Å². The predicted octanol–water partition coefficient (Wildman–Crippen LogP) is 3.66. The lowest BCUT2D eigenvalue weighted by molar-refractivity contribution is 0.200. The van der Waals surface area contributed by atoms with Crippen LogP contribution in [0.15, 0.2) is 24.3 Å². The van der Waals surface area contributed by atoms with Crippen LogP contribution in [0.5, 0.6) is 0 Å². The summed E-state index contributed by atoms with van der Waals surface area (Å²) >= 11 is 0. The van der Waals surface area contributed by atoms with Gasteiger partial charge in [0, 0.05) is 25.2 Å². The number of rotatable bonds is 7. The van der Waals surface area contributed by atoms with E-state index in [0.29, 0.717) is 18.0 Å². The maximum atomic E-state index is 3.47. The number of hydrogen-bond donors (Lipinski definition) is 1. The number of nitrogens with one attached hydrogen (secondary N) is 1. The van der Waals surface area contributed by atoms with E-state index in [0.717, 1.165) is 13.1 Å². The van der Waals surface area contributed by atoms with Gasteiger partial charge < -0.3 is 5.32 Å². The fourth-order valence-electron chi connectivity index (χ4n) is 2.10. The Kier molecular flexibility index (Phi) is 6.53. The van der Waals surface area contributed by atoms with Crippen molar-refractivity contribution >= 4 is 0 Å². The molecule has 1 aromatic rings. The molecule has 0 saturated carbocycles. The third kappa shape index (κ3) is 5.75. The minimum atomic E-state index is 0.535. The van der Waals surface area contributed by atoms with E-state index in [2.05, 4.69) is 76.1 Å². The molecule has 1 rings (SSSR count). The van der Waals surface area contributed by atoms with Gasteiger partial charge in [0.15, 0.2) is 0 Å². The Morgan fingerprint density at radius 2 is 1.68 bits per heavy atom. The number of benzene rings is 1. The van der Waals surface area contributed by atoms with Crippen molar-refractivity contribution in [2.45, 2.75) is 59.8 Å². The second-order valence-electron chi connectivity index (χ2n) is 6.26. The van der Waals surface area contributed by atoms with Crippen molar-refractivity contribution in [3.05, 3.63) is 35.4 Å². The second-order valence-corrected chi connectivity index (χ2v) is 6.26. The molecular weight excluding hydrogens is 232 g/mol. The monoisotopic (exact) mass is 262 g/mol. The van der Waals surface area contributed by atoms with Crippen LogP contribution in [0.1, 0.15) is 45.7 Å². The van der Waals surface area contributed by atoms with Crippen LogP contribution in [0.2, 0.25) is 0 Å². The van der Waals surface area contributed by atoms with Gasteiger partial charge in [-0.15, -0.1) is 0 Å². The smallest absolute Gasteiger partial charge is 0.0233 e.